The second kappa shape index (κ2) is 8.23. The molecule has 0 bridgehead atoms. The second-order valence-corrected chi connectivity index (χ2v) is 7.77. The molecular weight excluding hydrogens is 400 g/mol. The van der Waals surface area contributed by atoms with Crippen LogP contribution in [-0.4, -0.2) is 11.9 Å². The SMILES string of the molecule is C=Cc1ccc(COc2ccc3c(c2)O/C(=C\C2=Cc4ccccc4OC2C)C3=O)cc1. The van der Waals surface area contributed by atoms with E-state index in [1.165, 1.54) is 0 Å². The lowest BCUT2D eigenvalue weighted by molar-refractivity contribution is 0.101. The molecule has 3 aromatic rings. The Morgan fingerprint density at radius 1 is 1.03 bits per heavy atom. The summed E-state index contributed by atoms with van der Waals surface area (Å²) in [6.45, 7) is 6.14. The van der Waals surface area contributed by atoms with Gasteiger partial charge in [-0.25, -0.2) is 0 Å². The summed E-state index contributed by atoms with van der Waals surface area (Å²) >= 11 is 0. The fourth-order valence-corrected chi connectivity index (χ4v) is 3.75. The molecule has 5 rings (SSSR count). The molecule has 32 heavy (non-hydrogen) atoms. The number of rotatable bonds is 5. The molecular formula is C28H22O4. The summed E-state index contributed by atoms with van der Waals surface area (Å²) in [4.78, 5) is 12.9. The van der Waals surface area contributed by atoms with Crippen LogP contribution >= 0.6 is 0 Å². The smallest absolute Gasteiger partial charge is 0.231 e. The number of benzene rings is 3. The topological polar surface area (TPSA) is 44.8 Å². The number of hydrogen-bond acceptors (Lipinski definition) is 4. The van der Waals surface area contributed by atoms with E-state index in [2.05, 4.69) is 6.58 Å². The Morgan fingerprint density at radius 2 is 1.84 bits per heavy atom. The molecule has 4 nitrogen and oxygen atoms in total. The van der Waals surface area contributed by atoms with E-state index in [0.29, 0.717) is 29.4 Å². The highest BCUT2D eigenvalue weighted by Gasteiger charge is 2.29. The molecule has 158 valence electrons. The first kappa shape index (κ1) is 19.9. The van der Waals surface area contributed by atoms with E-state index < -0.39 is 0 Å². The van der Waals surface area contributed by atoms with Gasteiger partial charge in [0.2, 0.25) is 5.78 Å². The minimum atomic E-state index is -0.177. The summed E-state index contributed by atoms with van der Waals surface area (Å²) in [5.74, 6) is 2.14. The van der Waals surface area contributed by atoms with Crippen LogP contribution in [0.5, 0.6) is 17.2 Å². The molecule has 0 N–H and O–H groups in total. The van der Waals surface area contributed by atoms with Gasteiger partial charge in [0.25, 0.3) is 0 Å². The van der Waals surface area contributed by atoms with Gasteiger partial charge in [0.1, 0.15) is 30.0 Å². The van der Waals surface area contributed by atoms with Crippen LogP contribution in [0.1, 0.15) is 34.0 Å². The number of allylic oxidation sites excluding steroid dienone is 1. The molecule has 2 aliphatic rings. The van der Waals surface area contributed by atoms with Crippen LogP contribution in [0.4, 0.5) is 0 Å². The highest BCUT2D eigenvalue weighted by atomic mass is 16.5. The van der Waals surface area contributed by atoms with Crippen LogP contribution in [0.25, 0.3) is 12.2 Å². The molecule has 2 heterocycles. The number of Topliss-reactive ketones (excluding diaryl/α,β-unsaturated/α-hetero) is 1. The minimum absolute atomic E-state index is 0.140. The molecule has 0 saturated carbocycles. The summed E-state index contributed by atoms with van der Waals surface area (Å²) in [6, 6.07) is 21.1. The second-order valence-electron chi connectivity index (χ2n) is 7.77. The average Bonchev–Trinajstić information content (AvgIpc) is 3.13. The first-order chi connectivity index (χ1) is 15.6. The van der Waals surface area contributed by atoms with E-state index in [-0.39, 0.29) is 11.9 Å². The average molecular weight is 422 g/mol. The predicted octanol–water partition coefficient (Wildman–Crippen LogP) is 6.23. The summed E-state index contributed by atoms with van der Waals surface area (Å²) in [5.41, 5.74) is 4.52. The van der Waals surface area contributed by atoms with Gasteiger partial charge in [-0.2, -0.15) is 0 Å². The molecule has 0 radical (unpaired) electrons. The van der Waals surface area contributed by atoms with E-state index in [1.54, 1.807) is 30.4 Å². The highest BCUT2D eigenvalue weighted by molar-refractivity contribution is 6.12. The Kier molecular flexibility index (Phi) is 5.12. The molecule has 2 aliphatic heterocycles. The number of fused-ring (bicyclic) bond motifs is 2. The third-order valence-corrected chi connectivity index (χ3v) is 5.57. The van der Waals surface area contributed by atoms with Crippen LogP contribution < -0.4 is 14.2 Å². The number of carbonyl (C=O) groups is 1. The van der Waals surface area contributed by atoms with Crippen molar-refractivity contribution >= 4 is 17.9 Å². The molecule has 0 amide bonds. The Balaban J connectivity index is 1.33. The predicted molar refractivity (Wildman–Crippen MR) is 125 cm³/mol. The van der Waals surface area contributed by atoms with Crippen molar-refractivity contribution in [2.45, 2.75) is 19.6 Å². The normalized spacial score (nSPS) is 17.7. The minimum Gasteiger partial charge on any atom is -0.489 e. The summed E-state index contributed by atoms with van der Waals surface area (Å²) in [6.07, 6.45) is 5.43. The van der Waals surface area contributed by atoms with Crippen molar-refractivity contribution in [3.63, 3.8) is 0 Å². The molecule has 3 aromatic carbocycles. The van der Waals surface area contributed by atoms with Gasteiger partial charge < -0.3 is 14.2 Å². The van der Waals surface area contributed by atoms with Crippen LogP contribution in [0.3, 0.4) is 0 Å². The third-order valence-electron chi connectivity index (χ3n) is 5.57. The van der Waals surface area contributed by atoms with Crippen molar-refractivity contribution in [2.75, 3.05) is 0 Å². The van der Waals surface area contributed by atoms with Crippen molar-refractivity contribution in [2.24, 2.45) is 0 Å². The Morgan fingerprint density at radius 3 is 2.66 bits per heavy atom. The Bertz CT molecular complexity index is 1260. The van der Waals surface area contributed by atoms with Gasteiger partial charge in [0, 0.05) is 11.6 Å². The first-order valence-electron chi connectivity index (χ1n) is 10.5. The van der Waals surface area contributed by atoms with Crippen LogP contribution in [-0.2, 0) is 6.61 Å². The van der Waals surface area contributed by atoms with E-state index in [0.717, 1.165) is 28.0 Å². The molecule has 0 spiro atoms. The van der Waals surface area contributed by atoms with Crippen molar-refractivity contribution in [1.29, 1.82) is 0 Å². The molecule has 0 aliphatic carbocycles. The van der Waals surface area contributed by atoms with E-state index >= 15 is 0 Å². The van der Waals surface area contributed by atoms with Crippen molar-refractivity contribution in [3.05, 3.63) is 113 Å². The van der Waals surface area contributed by atoms with Gasteiger partial charge in [0.05, 0.1) is 5.56 Å². The lowest BCUT2D eigenvalue weighted by Crippen LogP contribution is -2.18. The first-order valence-corrected chi connectivity index (χ1v) is 10.5. The third kappa shape index (κ3) is 3.83. The summed E-state index contributed by atoms with van der Waals surface area (Å²) < 4.78 is 17.8. The molecule has 0 aromatic heterocycles. The zero-order valence-electron chi connectivity index (χ0n) is 17.7. The Hall–Kier alpha value is -4.05. The van der Waals surface area contributed by atoms with Gasteiger partial charge in [-0.3, -0.25) is 4.79 Å². The van der Waals surface area contributed by atoms with Gasteiger partial charge in [0.15, 0.2) is 5.76 Å². The van der Waals surface area contributed by atoms with Crippen molar-refractivity contribution in [3.8, 4) is 17.2 Å². The molecule has 1 atom stereocenters. The number of hydrogen-bond donors (Lipinski definition) is 0. The Labute approximate surface area is 187 Å². The maximum atomic E-state index is 12.9. The highest BCUT2D eigenvalue weighted by Crippen LogP contribution is 2.36. The quantitative estimate of drug-likeness (QED) is 0.457. The van der Waals surface area contributed by atoms with E-state index in [4.69, 9.17) is 14.2 Å². The summed E-state index contributed by atoms with van der Waals surface area (Å²) in [7, 11) is 0. The lowest BCUT2D eigenvalue weighted by atomic mass is 10.0. The van der Waals surface area contributed by atoms with Crippen molar-refractivity contribution < 1.29 is 19.0 Å². The molecule has 1 unspecified atom stereocenters. The van der Waals surface area contributed by atoms with Crippen LogP contribution in [0, 0.1) is 0 Å². The lowest BCUT2D eigenvalue weighted by Gasteiger charge is -2.22. The van der Waals surface area contributed by atoms with Gasteiger partial charge in [-0.05, 0) is 54.0 Å². The zero-order valence-corrected chi connectivity index (χ0v) is 17.7. The molecule has 4 heteroatoms. The molecule has 0 fully saturated rings. The standard InChI is InChI=1S/C28H22O4/c1-3-19-8-10-20(11-9-19)17-30-23-12-13-24-26(16-23)32-27(28(24)29)15-22-14-21-6-4-5-7-25(21)31-18(22)2/h3-16,18H,1,17H2,2H3/b27-15-. The summed E-state index contributed by atoms with van der Waals surface area (Å²) in [5, 5.41) is 0. The number of carbonyl (C=O) groups excluding carboxylic acids is 1. The van der Waals surface area contributed by atoms with E-state index in [9.17, 15) is 4.79 Å². The fourth-order valence-electron chi connectivity index (χ4n) is 3.75. The van der Waals surface area contributed by atoms with Gasteiger partial charge in [-0.1, -0.05) is 55.1 Å². The monoisotopic (exact) mass is 422 g/mol. The largest absolute Gasteiger partial charge is 0.489 e. The maximum Gasteiger partial charge on any atom is 0.231 e. The van der Waals surface area contributed by atoms with Crippen molar-refractivity contribution in [1.82, 2.24) is 0 Å². The van der Waals surface area contributed by atoms with Crippen LogP contribution in [0.15, 0.2) is 90.7 Å². The van der Waals surface area contributed by atoms with Crippen LogP contribution in [0.2, 0.25) is 0 Å². The number of ether oxygens (including phenoxy) is 3. The number of ketones is 1. The maximum absolute atomic E-state index is 12.9. The zero-order chi connectivity index (χ0) is 22.1. The van der Waals surface area contributed by atoms with Gasteiger partial charge in [-0.15, -0.1) is 0 Å². The van der Waals surface area contributed by atoms with Gasteiger partial charge >= 0.3 is 0 Å². The molecule has 0 saturated heterocycles. The fraction of sp³-hybridized carbons (Fsp3) is 0.107. The van der Waals surface area contributed by atoms with E-state index in [1.807, 2.05) is 61.5 Å². The number of para-hydroxylation sites is 1.